The van der Waals surface area contributed by atoms with Gasteiger partial charge in [0.25, 0.3) is 0 Å². The summed E-state index contributed by atoms with van der Waals surface area (Å²) < 4.78 is 2.04. The average molecular weight is 419 g/mol. The van der Waals surface area contributed by atoms with Crippen LogP contribution in [0.5, 0.6) is 0 Å². The van der Waals surface area contributed by atoms with Crippen LogP contribution < -0.4 is 5.73 Å². The molecular weight excluding hydrogens is 398 g/mol. The Morgan fingerprint density at radius 2 is 1.95 bits per heavy atom. The molecule has 3 nitrogen and oxygen atoms in total. The van der Waals surface area contributed by atoms with Crippen molar-refractivity contribution in [1.82, 2.24) is 0 Å². The third-order valence-corrected chi connectivity index (χ3v) is 6.06. The lowest BCUT2D eigenvalue weighted by Crippen LogP contribution is -2.27. The van der Waals surface area contributed by atoms with Crippen molar-refractivity contribution in [1.29, 1.82) is 0 Å². The van der Waals surface area contributed by atoms with Gasteiger partial charge in [-0.2, -0.15) is 0 Å². The summed E-state index contributed by atoms with van der Waals surface area (Å²) in [5.74, 6) is -0.715. The van der Waals surface area contributed by atoms with Crippen LogP contribution in [0, 0.1) is 12.3 Å². The van der Waals surface area contributed by atoms with Crippen molar-refractivity contribution in [3.63, 3.8) is 0 Å². The van der Waals surface area contributed by atoms with Gasteiger partial charge in [0.1, 0.15) is 0 Å². The summed E-state index contributed by atoms with van der Waals surface area (Å²) in [7, 11) is 0. The number of hydrogen-bond acceptors (Lipinski definition) is 2. The highest BCUT2D eigenvalue weighted by Gasteiger charge is 2.37. The second kappa shape index (κ2) is 6.80. The molecule has 0 amide bonds. The predicted molar refractivity (Wildman–Crippen MR) is 91.3 cm³/mol. The van der Waals surface area contributed by atoms with Crippen molar-refractivity contribution in [2.75, 3.05) is 0 Å². The molecule has 1 fully saturated rings. The Labute approximate surface area is 142 Å². The third-order valence-electron chi connectivity index (χ3n) is 4.52. The van der Waals surface area contributed by atoms with Crippen molar-refractivity contribution in [3.05, 3.63) is 32.2 Å². The lowest BCUT2D eigenvalue weighted by molar-refractivity contribution is -0.139. The van der Waals surface area contributed by atoms with E-state index in [1.165, 1.54) is 0 Å². The van der Waals surface area contributed by atoms with Gasteiger partial charge in [0.05, 0.1) is 6.42 Å². The van der Waals surface area contributed by atoms with E-state index in [-0.39, 0.29) is 17.9 Å². The summed E-state index contributed by atoms with van der Waals surface area (Å²) in [5, 5.41) is 9.20. The number of hydrogen-bond donors (Lipinski definition) is 2. The number of rotatable bonds is 5. The minimum absolute atomic E-state index is 0.137. The zero-order valence-electron chi connectivity index (χ0n) is 12.2. The van der Waals surface area contributed by atoms with Gasteiger partial charge in [-0.25, -0.2) is 0 Å². The topological polar surface area (TPSA) is 63.3 Å². The fraction of sp³-hybridized carbons (Fsp3) is 0.562. The molecular formula is C16H21Br2NO2. The van der Waals surface area contributed by atoms with E-state index in [0.29, 0.717) is 0 Å². The Bertz CT molecular complexity index is 539. The molecule has 1 unspecified atom stereocenters. The first-order valence-corrected chi connectivity index (χ1v) is 8.84. The highest BCUT2D eigenvalue weighted by molar-refractivity contribution is 9.11. The maximum atomic E-state index is 11.2. The van der Waals surface area contributed by atoms with Crippen LogP contribution >= 0.6 is 31.9 Å². The molecule has 0 spiro atoms. The lowest BCUT2D eigenvalue weighted by atomic mass is 9.76. The zero-order valence-corrected chi connectivity index (χ0v) is 15.3. The van der Waals surface area contributed by atoms with Crippen LogP contribution in [0.2, 0.25) is 0 Å². The Morgan fingerprint density at radius 1 is 1.33 bits per heavy atom. The molecule has 0 bridgehead atoms. The average Bonchev–Trinajstić information content (AvgIpc) is 2.80. The molecule has 1 atom stereocenters. The van der Waals surface area contributed by atoms with Gasteiger partial charge in [-0.15, -0.1) is 0 Å². The smallest absolute Gasteiger partial charge is 0.303 e. The van der Waals surface area contributed by atoms with Gasteiger partial charge in [0, 0.05) is 15.0 Å². The molecule has 1 aromatic carbocycles. The Hall–Kier alpha value is -0.390. The second-order valence-corrected chi connectivity index (χ2v) is 7.92. The van der Waals surface area contributed by atoms with E-state index in [1.807, 2.05) is 13.0 Å². The molecule has 0 saturated heterocycles. The third kappa shape index (κ3) is 4.08. The largest absolute Gasteiger partial charge is 0.481 e. The van der Waals surface area contributed by atoms with Crippen molar-refractivity contribution < 1.29 is 9.90 Å². The number of carboxylic acids is 1. The van der Waals surface area contributed by atoms with Crippen LogP contribution in [0.3, 0.4) is 0 Å². The van der Waals surface area contributed by atoms with Crippen molar-refractivity contribution in [2.24, 2.45) is 11.1 Å². The normalized spacial score (nSPS) is 18.7. The van der Waals surface area contributed by atoms with Crippen LogP contribution in [-0.4, -0.2) is 11.1 Å². The number of halogens is 2. The quantitative estimate of drug-likeness (QED) is 0.711. The first-order chi connectivity index (χ1) is 9.83. The zero-order chi connectivity index (χ0) is 15.6. The van der Waals surface area contributed by atoms with Crippen molar-refractivity contribution in [2.45, 2.75) is 51.5 Å². The molecule has 116 valence electrons. The lowest BCUT2D eigenvalue weighted by Gasteiger charge is -2.31. The highest BCUT2D eigenvalue weighted by atomic mass is 79.9. The molecule has 3 N–H and O–H groups in total. The summed E-state index contributed by atoms with van der Waals surface area (Å²) in [5.41, 5.74) is 8.47. The van der Waals surface area contributed by atoms with Gasteiger partial charge in [0.2, 0.25) is 0 Å². The summed E-state index contributed by atoms with van der Waals surface area (Å²) in [6.45, 7) is 2.03. The number of carboxylic acid groups (broad SMARTS) is 1. The molecule has 21 heavy (non-hydrogen) atoms. The van der Waals surface area contributed by atoms with Crippen LogP contribution in [0.4, 0.5) is 0 Å². The molecule has 2 rings (SSSR count). The first kappa shape index (κ1) is 17.0. The van der Waals surface area contributed by atoms with Gasteiger partial charge < -0.3 is 10.8 Å². The van der Waals surface area contributed by atoms with Crippen molar-refractivity contribution in [3.8, 4) is 0 Å². The van der Waals surface area contributed by atoms with Crippen LogP contribution in [0.15, 0.2) is 21.1 Å². The minimum Gasteiger partial charge on any atom is -0.481 e. The Kier molecular flexibility index (Phi) is 5.49. The van der Waals surface area contributed by atoms with Gasteiger partial charge in [-0.05, 0) is 54.9 Å². The molecule has 0 heterocycles. The Balaban J connectivity index is 2.21. The molecule has 0 aromatic heterocycles. The van der Waals surface area contributed by atoms with E-state index in [1.54, 1.807) is 0 Å². The fourth-order valence-corrected chi connectivity index (χ4v) is 4.53. The molecule has 0 radical (unpaired) electrons. The number of nitrogens with two attached hydrogens (primary N) is 1. The number of carbonyl (C=O) groups is 1. The fourth-order valence-electron chi connectivity index (χ4n) is 3.42. The SMILES string of the molecule is Cc1cc(Br)c(C(N)CC2(CC(=O)O)CCCC2)cc1Br. The van der Waals surface area contributed by atoms with Crippen LogP contribution in [0.1, 0.15) is 55.7 Å². The second-order valence-electron chi connectivity index (χ2n) is 6.21. The summed E-state index contributed by atoms with van der Waals surface area (Å²) in [6.07, 6.45) is 5.12. The Morgan fingerprint density at radius 3 is 2.52 bits per heavy atom. The minimum atomic E-state index is -0.715. The van der Waals surface area contributed by atoms with Gasteiger partial charge in [-0.3, -0.25) is 4.79 Å². The number of aliphatic carboxylic acids is 1. The molecule has 1 aromatic rings. The summed E-state index contributed by atoms with van der Waals surface area (Å²) in [4.78, 5) is 11.2. The van der Waals surface area contributed by atoms with E-state index in [0.717, 1.165) is 52.2 Å². The highest BCUT2D eigenvalue weighted by Crippen LogP contribution is 2.47. The van der Waals surface area contributed by atoms with Crippen LogP contribution in [0.25, 0.3) is 0 Å². The monoisotopic (exact) mass is 417 g/mol. The molecule has 1 aliphatic rings. The maximum absolute atomic E-state index is 11.2. The molecule has 5 heteroatoms. The van der Waals surface area contributed by atoms with Gasteiger partial charge in [-0.1, -0.05) is 44.7 Å². The van der Waals surface area contributed by atoms with Gasteiger partial charge >= 0.3 is 5.97 Å². The van der Waals surface area contributed by atoms with E-state index in [9.17, 15) is 9.90 Å². The number of aryl methyl sites for hydroxylation is 1. The van der Waals surface area contributed by atoms with Crippen LogP contribution in [-0.2, 0) is 4.79 Å². The standard InChI is InChI=1S/C16H21Br2NO2/c1-10-6-13(18)11(7-12(10)17)14(19)8-16(9-15(20)21)4-2-3-5-16/h6-7,14H,2-5,8-9,19H2,1H3,(H,20,21). The van der Waals surface area contributed by atoms with Gasteiger partial charge in [0.15, 0.2) is 0 Å². The maximum Gasteiger partial charge on any atom is 0.303 e. The van der Waals surface area contributed by atoms with E-state index >= 15 is 0 Å². The molecule has 1 aliphatic carbocycles. The molecule has 1 saturated carbocycles. The summed E-state index contributed by atoms with van der Waals surface area (Å²) >= 11 is 7.13. The molecule has 0 aliphatic heterocycles. The van der Waals surface area contributed by atoms with E-state index in [2.05, 4.69) is 37.9 Å². The van der Waals surface area contributed by atoms with Crippen molar-refractivity contribution >= 4 is 37.8 Å². The predicted octanol–water partition coefficient (Wildman–Crippen LogP) is 4.95. The van der Waals surface area contributed by atoms with E-state index < -0.39 is 5.97 Å². The number of benzene rings is 1. The summed E-state index contributed by atoms with van der Waals surface area (Å²) in [6, 6.07) is 3.96. The first-order valence-electron chi connectivity index (χ1n) is 7.26. The van der Waals surface area contributed by atoms with E-state index in [4.69, 9.17) is 5.73 Å².